The summed E-state index contributed by atoms with van der Waals surface area (Å²) >= 11 is 1.51. The van der Waals surface area contributed by atoms with E-state index in [4.69, 9.17) is 0 Å². The molecule has 2 aliphatic rings. The average molecular weight is 396 g/mol. The third-order valence-electron chi connectivity index (χ3n) is 5.33. The number of anilines is 1. The van der Waals surface area contributed by atoms with Crippen LogP contribution in [0.2, 0.25) is 0 Å². The molecule has 6 heteroatoms. The van der Waals surface area contributed by atoms with E-state index in [0.717, 1.165) is 30.1 Å². The molecular formula is C22H25N3O2S. The zero-order valence-corrected chi connectivity index (χ0v) is 16.9. The first-order valence-corrected chi connectivity index (χ1v) is 10.5. The molecule has 0 bridgehead atoms. The van der Waals surface area contributed by atoms with Crippen LogP contribution in [-0.2, 0) is 16.1 Å². The number of carbonyl (C=O) groups is 2. The van der Waals surface area contributed by atoms with Crippen LogP contribution in [-0.4, -0.2) is 41.7 Å². The van der Waals surface area contributed by atoms with Crippen molar-refractivity contribution in [1.82, 2.24) is 10.2 Å². The van der Waals surface area contributed by atoms with Crippen LogP contribution in [0.5, 0.6) is 0 Å². The Kier molecular flexibility index (Phi) is 5.42. The number of thioether (sulfide) groups is 1. The second-order valence-electron chi connectivity index (χ2n) is 7.42. The van der Waals surface area contributed by atoms with Gasteiger partial charge < -0.3 is 10.2 Å². The van der Waals surface area contributed by atoms with Gasteiger partial charge in [-0.15, -0.1) is 0 Å². The molecule has 2 amide bonds. The first-order valence-electron chi connectivity index (χ1n) is 9.72. The lowest BCUT2D eigenvalue weighted by atomic mass is 10.1. The van der Waals surface area contributed by atoms with Crippen molar-refractivity contribution in [3.63, 3.8) is 0 Å². The SMILES string of the molecule is CN(CCCNC(=O)[C@]12CCC(=O)N1c1ccccc1S2)Cc1ccccc1. The fourth-order valence-corrected chi connectivity index (χ4v) is 5.40. The molecule has 2 aromatic rings. The maximum Gasteiger partial charge on any atom is 0.257 e. The molecule has 0 saturated carbocycles. The Morgan fingerprint density at radius 1 is 1.18 bits per heavy atom. The molecular weight excluding hydrogens is 370 g/mol. The van der Waals surface area contributed by atoms with Gasteiger partial charge in [-0.05, 0) is 44.1 Å². The summed E-state index contributed by atoms with van der Waals surface area (Å²) in [6, 6.07) is 18.2. The van der Waals surface area contributed by atoms with Gasteiger partial charge in [-0.25, -0.2) is 0 Å². The van der Waals surface area contributed by atoms with E-state index in [2.05, 4.69) is 41.5 Å². The molecule has 0 aromatic heterocycles. The Labute approximate surface area is 170 Å². The molecule has 2 heterocycles. The zero-order valence-electron chi connectivity index (χ0n) is 16.1. The monoisotopic (exact) mass is 395 g/mol. The van der Waals surface area contributed by atoms with Crippen molar-refractivity contribution < 1.29 is 9.59 Å². The van der Waals surface area contributed by atoms with Crippen molar-refractivity contribution in [3.8, 4) is 0 Å². The summed E-state index contributed by atoms with van der Waals surface area (Å²) in [7, 11) is 2.09. The van der Waals surface area contributed by atoms with E-state index in [0.29, 0.717) is 19.4 Å². The Hall–Kier alpha value is -2.31. The number of rotatable bonds is 7. The van der Waals surface area contributed by atoms with Crippen LogP contribution in [0.15, 0.2) is 59.5 Å². The summed E-state index contributed by atoms with van der Waals surface area (Å²) in [5.74, 6) is -0.0135. The number of fused-ring (bicyclic) bond motifs is 3. The molecule has 0 unspecified atom stereocenters. The van der Waals surface area contributed by atoms with E-state index in [1.807, 2.05) is 30.3 Å². The van der Waals surface area contributed by atoms with Gasteiger partial charge >= 0.3 is 0 Å². The summed E-state index contributed by atoms with van der Waals surface area (Å²) in [4.78, 5) is 29.7. The maximum atomic E-state index is 13.1. The quantitative estimate of drug-likeness (QED) is 0.731. The predicted octanol–water partition coefficient (Wildman–Crippen LogP) is 3.25. The molecule has 5 nitrogen and oxygen atoms in total. The topological polar surface area (TPSA) is 52.7 Å². The second kappa shape index (κ2) is 7.97. The first-order chi connectivity index (χ1) is 13.6. The van der Waals surface area contributed by atoms with Gasteiger partial charge in [0.1, 0.15) is 0 Å². The Bertz CT molecular complexity index is 873. The molecule has 0 aliphatic carbocycles. The lowest BCUT2D eigenvalue weighted by Gasteiger charge is -2.29. The standard InChI is InChI=1S/C22H25N3O2S/c1-24(16-17-8-3-2-4-9-17)15-7-14-23-21(27)22-13-12-20(26)25(22)18-10-5-6-11-19(18)28-22/h2-6,8-11H,7,12-16H2,1H3,(H,23,27)/t22-/m1/s1. The Morgan fingerprint density at radius 2 is 1.93 bits per heavy atom. The summed E-state index contributed by atoms with van der Waals surface area (Å²) < 4.78 is 0. The lowest BCUT2D eigenvalue weighted by Crippen LogP contribution is -2.52. The van der Waals surface area contributed by atoms with Gasteiger partial charge in [0.25, 0.3) is 5.91 Å². The van der Waals surface area contributed by atoms with Crippen LogP contribution < -0.4 is 10.2 Å². The van der Waals surface area contributed by atoms with Crippen molar-refractivity contribution in [1.29, 1.82) is 0 Å². The molecule has 1 fully saturated rings. The van der Waals surface area contributed by atoms with E-state index in [1.165, 1.54) is 17.3 Å². The molecule has 146 valence electrons. The number of hydrogen-bond donors (Lipinski definition) is 1. The largest absolute Gasteiger partial charge is 0.353 e. The van der Waals surface area contributed by atoms with Crippen LogP contribution in [0.25, 0.3) is 0 Å². The summed E-state index contributed by atoms with van der Waals surface area (Å²) in [6.45, 7) is 2.41. The summed E-state index contributed by atoms with van der Waals surface area (Å²) in [6.07, 6.45) is 1.86. The number of nitrogens with zero attached hydrogens (tertiary/aromatic N) is 2. The van der Waals surface area contributed by atoms with E-state index >= 15 is 0 Å². The Balaban J connectivity index is 1.31. The highest BCUT2D eigenvalue weighted by atomic mass is 32.2. The molecule has 1 atom stereocenters. The van der Waals surface area contributed by atoms with Crippen LogP contribution in [0, 0.1) is 0 Å². The van der Waals surface area contributed by atoms with Gasteiger partial charge in [0, 0.05) is 24.4 Å². The first kappa shape index (κ1) is 19.0. The highest BCUT2D eigenvalue weighted by Crippen LogP contribution is 2.55. The lowest BCUT2D eigenvalue weighted by molar-refractivity contribution is -0.124. The number of benzene rings is 2. The van der Waals surface area contributed by atoms with E-state index < -0.39 is 4.87 Å². The third kappa shape index (κ3) is 3.54. The second-order valence-corrected chi connectivity index (χ2v) is 8.74. The minimum absolute atomic E-state index is 0.0372. The number of hydrogen-bond acceptors (Lipinski definition) is 4. The van der Waals surface area contributed by atoms with Gasteiger partial charge in [-0.2, -0.15) is 0 Å². The smallest absolute Gasteiger partial charge is 0.257 e. The molecule has 1 saturated heterocycles. The van der Waals surface area contributed by atoms with Gasteiger partial charge in [-0.3, -0.25) is 14.5 Å². The highest BCUT2D eigenvalue weighted by molar-refractivity contribution is 8.02. The molecule has 0 spiro atoms. The van der Waals surface area contributed by atoms with E-state index in [9.17, 15) is 9.59 Å². The van der Waals surface area contributed by atoms with Crippen LogP contribution in [0.4, 0.5) is 5.69 Å². The fraction of sp³-hybridized carbons (Fsp3) is 0.364. The summed E-state index contributed by atoms with van der Waals surface area (Å²) in [5.41, 5.74) is 2.15. The van der Waals surface area contributed by atoms with Crippen molar-refractivity contribution >= 4 is 29.3 Å². The van der Waals surface area contributed by atoms with Crippen molar-refractivity contribution in [2.45, 2.75) is 35.6 Å². The van der Waals surface area contributed by atoms with Crippen molar-refractivity contribution in [2.24, 2.45) is 0 Å². The number of amides is 2. The predicted molar refractivity (Wildman–Crippen MR) is 112 cm³/mol. The van der Waals surface area contributed by atoms with Gasteiger partial charge in [0.05, 0.1) is 5.69 Å². The number of carbonyl (C=O) groups excluding carboxylic acids is 2. The number of nitrogens with one attached hydrogen (secondary N) is 1. The van der Waals surface area contributed by atoms with Crippen LogP contribution in [0.1, 0.15) is 24.8 Å². The minimum Gasteiger partial charge on any atom is -0.353 e. The van der Waals surface area contributed by atoms with Crippen LogP contribution >= 0.6 is 11.8 Å². The van der Waals surface area contributed by atoms with Crippen LogP contribution in [0.3, 0.4) is 0 Å². The fourth-order valence-electron chi connectivity index (χ4n) is 3.96. The third-order valence-corrected chi connectivity index (χ3v) is 6.80. The number of para-hydroxylation sites is 1. The molecule has 0 radical (unpaired) electrons. The maximum absolute atomic E-state index is 13.1. The van der Waals surface area contributed by atoms with E-state index in [-0.39, 0.29) is 11.8 Å². The molecule has 1 N–H and O–H groups in total. The summed E-state index contributed by atoms with van der Waals surface area (Å²) in [5, 5.41) is 3.08. The van der Waals surface area contributed by atoms with Gasteiger partial charge in [0.2, 0.25) is 5.91 Å². The zero-order chi connectivity index (χ0) is 19.6. The minimum atomic E-state index is -0.809. The van der Waals surface area contributed by atoms with E-state index in [1.54, 1.807) is 4.90 Å². The molecule has 4 rings (SSSR count). The average Bonchev–Trinajstić information content (AvgIpc) is 3.22. The highest BCUT2D eigenvalue weighted by Gasteiger charge is 2.57. The molecule has 2 aromatic carbocycles. The van der Waals surface area contributed by atoms with Gasteiger partial charge in [0.15, 0.2) is 4.87 Å². The Morgan fingerprint density at radius 3 is 2.75 bits per heavy atom. The van der Waals surface area contributed by atoms with Gasteiger partial charge in [-0.1, -0.05) is 54.2 Å². The van der Waals surface area contributed by atoms with Crippen molar-refractivity contribution in [2.75, 3.05) is 25.0 Å². The molecule has 28 heavy (non-hydrogen) atoms. The normalized spacial score (nSPS) is 20.4. The molecule has 2 aliphatic heterocycles. The van der Waals surface area contributed by atoms with Crippen molar-refractivity contribution in [3.05, 3.63) is 60.2 Å².